The van der Waals surface area contributed by atoms with E-state index in [2.05, 4.69) is 11.6 Å². The summed E-state index contributed by atoms with van der Waals surface area (Å²) in [4.78, 5) is 27.7. The number of thioether (sulfide) groups is 1. The first-order valence-corrected chi connectivity index (χ1v) is 8.63. The molecule has 132 valence electrons. The Kier molecular flexibility index (Phi) is 5.29. The fourth-order valence-electron chi connectivity index (χ4n) is 2.19. The molecular formula is C18H13ClN2O4S. The van der Waals surface area contributed by atoms with E-state index in [1.165, 1.54) is 6.08 Å². The van der Waals surface area contributed by atoms with Gasteiger partial charge >= 0.3 is 5.97 Å². The largest absolute Gasteiger partial charge is 0.458 e. The van der Waals surface area contributed by atoms with Crippen LogP contribution in [0.4, 0.5) is 0 Å². The van der Waals surface area contributed by atoms with Crippen LogP contribution >= 0.6 is 23.4 Å². The summed E-state index contributed by atoms with van der Waals surface area (Å²) in [5.41, 5.74) is 6.39. The highest BCUT2D eigenvalue weighted by molar-refractivity contribution is 8.18. The lowest BCUT2D eigenvalue weighted by Gasteiger charge is -2.06. The van der Waals surface area contributed by atoms with Crippen molar-refractivity contribution in [3.05, 3.63) is 64.2 Å². The van der Waals surface area contributed by atoms with Crippen molar-refractivity contribution < 1.29 is 18.7 Å². The molecule has 0 unspecified atom stereocenters. The summed E-state index contributed by atoms with van der Waals surface area (Å²) in [5, 5.41) is 0.477. The van der Waals surface area contributed by atoms with Gasteiger partial charge < -0.3 is 14.9 Å². The molecule has 1 amide bonds. The minimum absolute atomic E-state index is 0.0920. The molecule has 0 spiro atoms. The average Bonchev–Trinajstić information content (AvgIpc) is 3.20. The Labute approximate surface area is 158 Å². The number of halogens is 1. The van der Waals surface area contributed by atoms with Crippen LogP contribution < -0.4 is 5.73 Å². The van der Waals surface area contributed by atoms with Gasteiger partial charge in [-0.05, 0) is 42.1 Å². The lowest BCUT2D eigenvalue weighted by molar-refractivity contribution is -0.113. The molecule has 26 heavy (non-hydrogen) atoms. The minimum Gasteiger partial charge on any atom is -0.458 e. The van der Waals surface area contributed by atoms with Crippen LogP contribution in [0.15, 0.2) is 57.3 Å². The van der Waals surface area contributed by atoms with Crippen LogP contribution in [0.2, 0.25) is 5.02 Å². The van der Waals surface area contributed by atoms with Crippen molar-refractivity contribution in [2.75, 3.05) is 6.61 Å². The third-order valence-electron chi connectivity index (χ3n) is 3.34. The highest BCUT2D eigenvalue weighted by atomic mass is 35.5. The maximum atomic E-state index is 12.1. The SMILES string of the molecule is C=CCOC(=O)c1cc(-c2ccc(/C=C3\SC(N)=NC3=O)o2)ccc1Cl. The second-order valence-corrected chi connectivity index (χ2v) is 6.62. The number of nitrogens with zero attached hydrogens (tertiary/aromatic N) is 1. The molecule has 0 bridgehead atoms. The van der Waals surface area contributed by atoms with Crippen molar-refractivity contribution in [2.24, 2.45) is 10.7 Å². The Balaban J connectivity index is 1.86. The molecule has 3 rings (SSSR count). The van der Waals surface area contributed by atoms with Gasteiger partial charge in [-0.15, -0.1) is 0 Å². The summed E-state index contributed by atoms with van der Waals surface area (Å²) >= 11 is 7.16. The maximum absolute atomic E-state index is 12.1. The number of esters is 1. The minimum atomic E-state index is -0.550. The molecule has 1 aromatic carbocycles. The zero-order valence-corrected chi connectivity index (χ0v) is 15.0. The number of nitrogens with two attached hydrogens (primary N) is 1. The first kappa shape index (κ1) is 18.0. The molecule has 1 aliphatic heterocycles. The standard InChI is InChI=1S/C18H13ClN2O4S/c1-2-7-24-17(23)12-8-10(3-5-13(12)19)14-6-4-11(25-14)9-15-16(22)21-18(20)26-15/h2-6,8-9H,1,7H2,(H2,20,21,22)/b15-9-. The summed E-state index contributed by atoms with van der Waals surface area (Å²) in [6, 6.07) is 8.32. The summed E-state index contributed by atoms with van der Waals surface area (Å²) in [7, 11) is 0. The van der Waals surface area contributed by atoms with Crippen LogP contribution in [0.3, 0.4) is 0 Å². The normalized spacial score (nSPS) is 15.2. The number of carbonyl (C=O) groups is 2. The summed E-state index contributed by atoms with van der Waals surface area (Å²) in [5.74, 6) is 0.0255. The molecule has 0 atom stereocenters. The Morgan fingerprint density at radius 3 is 2.88 bits per heavy atom. The van der Waals surface area contributed by atoms with Crippen molar-refractivity contribution in [1.82, 2.24) is 0 Å². The summed E-state index contributed by atoms with van der Waals surface area (Å²) in [6.07, 6.45) is 3.04. The van der Waals surface area contributed by atoms with Gasteiger partial charge in [0.25, 0.3) is 5.91 Å². The van der Waals surface area contributed by atoms with E-state index in [9.17, 15) is 9.59 Å². The molecule has 1 aliphatic rings. The molecule has 6 nitrogen and oxygen atoms in total. The van der Waals surface area contributed by atoms with Gasteiger partial charge in [-0.2, -0.15) is 4.99 Å². The van der Waals surface area contributed by atoms with E-state index < -0.39 is 11.9 Å². The predicted molar refractivity (Wildman–Crippen MR) is 102 cm³/mol. The zero-order chi connectivity index (χ0) is 18.7. The topological polar surface area (TPSA) is 94.9 Å². The first-order chi connectivity index (χ1) is 12.5. The smallest absolute Gasteiger partial charge is 0.339 e. The Bertz CT molecular complexity index is 962. The molecule has 0 radical (unpaired) electrons. The van der Waals surface area contributed by atoms with Crippen LogP contribution in [-0.2, 0) is 9.53 Å². The van der Waals surface area contributed by atoms with E-state index in [0.29, 0.717) is 22.0 Å². The molecule has 0 aliphatic carbocycles. The van der Waals surface area contributed by atoms with E-state index in [1.54, 1.807) is 36.4 Å². The predicted octanol–water partition coefficient (Wildman–Crippen LogP) is 3.87. The van der Waals surface area contributed by atoms with Gasteiger partial charge in [-0.3, -0.25) is 4.79 Å². The molecule has 1 aromatic heterocycles. The number of amides is 1. The maximum Gasteiger partial charge on any atom is 0.339 e. The number of ether oxygens (including phenoxy) is 1. The second kappa shape index (κ2) is 7.63. The van der Waals surface area contributed by atoms with Crippen LogP contribution in [0, 0.1) is 0 Å². The number of amidine groups is 1. The number of carbonyl (C=O) groups excluding carboxylic acids is 2. The number of benzene rings is 1. The van der Waals surface area contributed by atoms with E-state index in [0.717, 1.165) is 11.8 Å². The highest BCUT2D eigenvalue weighted by Crippen LogP contribution is 2.30. The van der Waals surface area contributed by atoms with Crippen LogP contribution in [0.1, 0.15) is 16.1 Å². The number of rotatable bonds is 5. The number of furan rings is 1. The third-order valence-corrected chi connectivity index (χ3v) is 4.48. The Hall–Kier alpha value is -2.77. The third kappa shape index (κ3) is 3.89. The number of aliphatic imine (C=N–C) groups is 1. The van der Waals surface area contributed by atoms with Crippen molar-refractivity contribution in [1.29, 1.82) is 0 Å². The quantitative estimate of drug-likeness (QED) is 0.474. The van der Waals surface area contributed by atoms with Crippen molar-refractivity contribution in [3.63, 3.8) is 0 Å². The van der Waals surface area contributed by atoms with Gasteiger partial charge in [-0.25, -0.2) is 4.79 Å². The van der Waals surface area contributed by atoms with Crippen molar-refractivity contribution in [3.8, 4) is 11.3 Å². The lowest BCUT2D eigenvalue weighted by Crippen LogP contribution is -2.05. The molecule has 2 heterocycles. The summed E-state index contributed by atoms with van der Waals surface area (Å²) in [6.45, 7) is 3.59. The molecule has 8 heteroatoms. The van der Waals surface area contributed by atoms with E-state index in [1.807, 2.05) is 0 Å². The molecule has 2 aromatic rings. The molecule has 2 N–H and O–H groups in total. The molecule has 0 saturated heterocycles. The molecular weight excluding hydrogens is 376 g/mol. The van der Waals surface area contributed by atoms with Gasteiger partial charge in [0.05, 0.1) is 15.5 Å². The molecule has 0 fully saturated rings. The number of hydrogen-bond acceptors (Lipinski definition) is 6. The monoisotopic (exact) mass is 388 g/mol. The van der Waals surface area contributed by atoms with Crippen LogP contribution in [0.25, 0.3) is 17.4 Å². The average molecular weight is 389 g/mol. The fourth-order valence-corrected chi connectivity index (χ4v) is 3.04. The van der Waals surface area contributed by atoms with Gasteiger partial charge in [0.2, 0.25) is 0 Å². The van der Waals surface area contributed by atoms with Crippen molar-refractivity contribution in [2.45, 2.75) is 0 Å². The van der Waals surface area contributed by atoms with E-state index >= 15 is 0 Å². The van der Waals surface area contributed by atoms with E-state index in [4.69, 9.17) is 26.5 Å². The second-order valence-electron chi connectivity index (χ2n) is 5.15. The van der Waals surface area contributed by atoms with Crippen LogP contribution in [0.5, 0.6) is 0 Å². The first-order valence-electron chi connectivity index (χ1n) is 7.43. The Morgan fingerprint density at radius 2 is 2.19 bits per heavy atom. The van der Waals surface area contributed by atoms with Crippen LogP contribution in [-0.4, -0.2) is 23.7 Å². The van der Waals surface area contributed by atoms with Gasteiger partial charge in [-0.1, -0.05) is 24.3 Å². The van der Waals surface area contributed by atoms with Gasteiger partial charge in [0.1, 0.15) is 18.1 Å². The Morgan fingerprint density at radius 1 is 1.38 bits per heavy atom. The molecule has 0 saturated carbocycles. The lowest BCUT2D eigenvalue weighted by atomic mass is 10.1. The fraction of sp³-hybridized carbons (Fsp3) is 0.0556. The van der Waals surface area contributed by atoms with E-state index in [-0.39, 0.29) is 22.4 Å². The van der Waals surface area contributed by atoms with Crippen molar-refractivity contribution >= 4 is 46.5 Å². The highest BCUT2D eigenvalue weighted by Gasteiger charge is 2.20. The summed E-state index contributed by atoms with van der Waals surface area (Å²) < 4.78 is 10.7. The zero-order valence-electron chi connectivity index (χ0n) is 13.4. The number of hydrogen-bond donors (Lipinski definition) is 1. The van der Waals surface area contributed by atoms with Gasteiger partial charge in [0, 0.05) is 11.6 Å². The van der Waals surface area contributed by atoms with Gasteiger partial charge in [0.15, 0.2) is 5.17 Å².